The number of nitrogens with one attached hydrogen (secondary N) is 1. The Morgan fingerprint density at radius 1 is 1.26 bits per heavy atom. The summed E-state index contributed by atoms with van der Waals surface area (Å²) in [5.74, 6) is 0.656. The van der Waals surface area contributed by atoms with Gasteiger partial charge in [0.05, 0.1) is 17.9 Å². The van der Waals surface area contributed by atoms with Gasteiger partial charge < -0.3 is 9.84 Å². The van der Waals surface area contributed by atoms with Crippen molar-refractivity contribution in [2.75, 3.05) is 5.32 Å². The molecule has 0 spiro atoms. The Morgan fingerprint density at radius 3 is 2.65 bits per heavy atom. The molecule has 0 aliphatic rings. The van der Waals surface area contributed by atoms with Crippen LogP contribution < -0.4 is 5.32 Å². The third-order valence-electron chi connectivity index (χ3n) is 3.57. The molecule has 2 aromatic heterocycles. The number of benzene rings is 1. The summed E-state index contributed by atoms with van der Waals surface area (Å²) < 4.78 is 6.90. The standard InChI is InChI=1S/C17H18N4O2/c1-12-8-10-21(20-12)13(2)11-17(22)19-15-5-3-14(4-6-15)16-7-9-18-23-16/h3-10,13H,11H2,1-2H3,(H,19,22). The topological polar surface area (TPSA) is 73.0 Å². The average molecular weight is 310 g/mol. The van der Waals surface area contributed by atoms with Crippen molar-refractivity contribution in [2.24, 2.45) is 0 Å². The van der Waals surface area contributed by atoms with Crippen molar-refractivity contribution in [1.82, 2.24) is 14.9 Å². The zero-order chi connectivity index (χ0) is 16.2. The minimum absolute atomic E-state index is 0.0113. The maximum absolute atomic E-state index is 12.1. The predicted molar refractivity (Wildman–Crippen MR) is 86.9 cm³/mol. The van der Waals surface area contributed by atoms with Crippen LogP contribution in [-0.4, -0.2) is 20.8 Å². The van der Waals surface area contributed by atoms with E-state index in [1.165, 1.54) is 0 Å². The second-order valence-corrected chi connectivity index (χ2v) is 5.49. The van der Waals surface area contributed by atoms with Gasteiger partial charge in [-0.25, -0.2) is 0 Å². The second-order valence-electron chi connectivity index (χ2n) is 5.49. The molecular formula is C17H18N4O2. The van der Waals surface area contributed by atoms with Gasteiger partial charge in [-0.3, -0.25) is 9.48 Å². The van der Waals surface area contributed by atoms with Crippen molar-refractivity contribution < 1.29 is 9.32 Å². The summed E-state index contributed by atoms with van der Waals surface area (Å²) in [6.07, 6.45) is 3.86. The van der Waals surface area contributed by atoms with Crippen LogP contribution in [0.1, 0.15) is 25.1 Å². The van der Waals surface area contributed by atoms with Crippen LogP contribution in [0.3, 0.4) is 0 Å². The Kier molecular flexibility index (Phi) is 4.23. The minimum Gasteiger partial charge on any atom is -0.356 e. The number of rotatable bonds is 5. The van der Waals surface area contributed by atoms with E-state index in [4.69, 9.17) is 4.52 Å². The Bertz CT molecular complexity index is 775. The van der Waals surface area contributed by atoms with Crippen LogP contribution in [0.25, 0.3) is 11.3 Å². The number of nitrogens with zero attached hydrogens (tertiary/aromatic N) is 3. The summed E-state index contributed by atoms with van der Waals surface area (Å²) in [5, 5.41) is 10.9. The van der Waals surface area contributed by atoms with E-state index in [9.17, 15) is 4.79 Å². The molecule has 0 fully saturated rings. The SMILES string of the molecule is Cc1ccn(C(C)CC(=O)Nc2ccc(-c3ccno3)cc2)n1. The molecule has 6 heteroatoms. The first kappa shape index (κ1) is 15.0. The average Bonchev–Trinajstić information content (AvgIpc) is 3.19. The maximum Gasteiger partial charge on any atom is 0.226 e. The third kappa shape index (κ3) is 3.66. The van der Waals surface area contributed by atoms with Gasteiger partial charge >= 0.3 is 0 Å². The first-order chi connectivity index (χ1) is 11.1. The van der Waals surface area contributed by atoms with E-state index in [0.717, 1.165) is 16.9 Å². The fourth-order valence-electron chi connectivity index (χ4n) is 2.33. The van der Waals surface area contributed by atoms with Crippen LogP contribution in [0.5, 0.6) is 0 Å². The molecule has 0 bridgehead atoms. The molecule has 3 aromatic rings. The zero-order valence-corrected chi connectivity index (χ0v) is 13.1. The Hall–Kier alpha value is -2.89. The normalized spacial score (nSPS) is 12.1. The summed E-state index contributed by atoms with van der Waals surface area (Å²) >= 11 is 0. The van der Waals surface area contributed by atoms with Gasteiger partial charge in [0, 0.05) is 29.9 Å². The van der Waals surface area contributed by atoms with Crippen molar-refractivity contribution in [1.29, 1.82) is 0 Å². The quantitative estimate of drug-likeness (QED) is 0.783. The Balaban J connectivity index is 1.59. The fraction of sp³-hybridized carbons (Fsp3) is 0.235. The lowest BCUT2D eigenvalue weighted by molar-refractivity contribution is -0.116. The lowest BCUT2D eigenvalue weighted by Crippen LogP contribution is -2.18. The predicted octanol–water partition coefficient (Wildman–Crippen LogP) is 3.44. The van der Waals surface area contributed by atoms with Crippen LogP contribution >= 0.6 is 0 Å². The first-order valence-electron chi connectivity index (χ1n) is 7.44. The second kappa shape index (κ2) is 6.48. The van der Waals surface area contributed by atoms with Gasteiger partial charge in [0.15, 0.2) is 5.76 Å². The number of amides is 1. The summed E-state index contributed by atoms with van der Waals surface area (Å²) in [7, 11) is 0. The molecule has 0 aliphatic carbocycles. The monoisotopic (exact) mass is 310 g/mol. The molecule has 1 N–H and O–H groups in total. The summed E-state index contributed by atoms with van der Waals surface area (Å²) in [5.41, 5.74) is 2.61. The number of carbonyl (C=O) groups excluding carboxylic acids is 1. The lowest BCUT2D eigenvalue weighted by Gasteiger charge is -2.12. The molecule has 118 valence electrons. The van der Waals surface area contributed by atoms with Crippen molar-refractivity contribution in [3.05, 3.63) is 54.5 Å². The highest BCUT2D eigenvalue weighted by molar-refractivity contribution is 5.91. The van der Waals surface area contributed by atoms with Gasteiger partial charge in [-0.05, 0) is 44.2 Å². The highest BCUT2D eigenvalue weighted by Crippen LogP contribution is 2.21. The van der Waals surface area contributed by atoms with E-state index in [1.807, 2.05) is 55.1 Å². The lowest BCUT2D eigenvalue weighted by atomic mass is 10.1. The van der Waals surface area contributed by atoms with Gasteiger partial charge in [0.2, 0.25) is 5.91 Å². The number of hydrogen-bond donors (Lipinski definition) is 1. The summed E-state index contributed by atoms with van der Waals surface area (Å²) in [6.45, 7) is 3.90. The number of aromatic nitrogens is 3. The van der Waals surface area contributed by atoms with Gasteiger partial charge in [0.25, 0.3) is 0 Å². The number of carbonyl (C=O) groups is 1. The van der Waals surface area contributed by atoms with Gasteiger partial charge in [-0.1, -0.05) is 5.16 Å². The Morgan fingerprint density at radius 2 is 2.04 bits per heavy atom. The first-order valence-corrected chi connectivity index (χ1v) is 7.44. The molecule has 2 heterocycles. The third-order valence-corrected chi connectivity index (χ3v) is 3.57. The largest absolute Gasteiger partial charge is 0.356 e. The molecule has 0 saturated heterocycles. The van der Waals surface area contributed by atoms with E-state index in [1.54, 1.807) is 12.3 Å². The number of aryl methyl sites for hydroxylation is 1. The molecule has 0 saturated carbocycles. The van der Waals surface area contributed by atoms with Crippen molar-refractivity contribution in [3.8, 4) is 11.3 Å². The van der Waals surface area contributed by atoms with Crippen LogP contribution in [-0.2, 0) is 4.79 Å². The minimum atomic E-state index is -0.0435. The van der Waals surface area contributed by atoms with Gasteiger partial charge in [-0.15, -0.1) is 0 Å². The molecular weight excluding hydrogens is 292 g/mol. The van der Waals surface area contributed by atoms with Gasteiger partial charge in [0.1, 0.15) is 0 Å². The molecule has 1 atom stereocenters. The molecule has 1 aromatic carbocycles. The van der Waals surface area contributed by atoms with Gasteiger partial charge in [-0.2, -0.15) is 5.10 Å². The van der Waals surface area contributed by atoms with E-state index in [2.05, 4.69) is 15.6 Å². The van der Waals surface area contributed by atoms with Crippen LogP contribution in [0.15, 0.2) is 53.3 Å². The maximum atomic E-state index is 12.1. The molecule has 0 aliphatic heterocycles. The van der Waals surface area contributed by atoms with Crippen LogP contribution in [0, 0.1) is 6.92 Å². The molecule has 6 nitrogen and oxygen atoms in total. The molecule has 23 heavy (non-hydrogen) atoms. The Labute approximate surface area is 134 Å². The zero-order valence-electron chi connectivity index (χ0n) is 13.1. The van der Waals surface area contributed by atoms with E-state index in [0.29, 0.717) is 12.2 Å². The van der Waals surface area contributed by atoms with Crippen molar-refractivity contribution in [2.45, 2.75) is 26.3 Å². The van der Waals surface area contributed by atoms with Crippen LogP contribution in [0.2, 0.25) is 0 Å². The molecule has 1 amide bonds. The highest BCUT2D eigenvalue weighted by atomic mass is 16.5. The summed E-state index contributed by atoms with van der Waals surface area (Å²) in [4.78, 5) is 12.1. The van der Waals surface area contributed by atoms with Crippen LogP contribution in [0.4, 0.5) is 5.69 Å². The highest BCUT2D eigenvalue weighted by Gasteiger charge is 2.12. The molecule has 0 radical (unpaired) electrons. The number of hydrogen-bond acceptors (Lipinski definition) is 4. The molecule has 3 rings (SSSR count). The van der Waals surface area contributed by atoms with E-state index >= 15 is 0 Å². The number of anilines is 1. The summed E-state index contributed by atoms with van der Waals surface area (Å²) in [6, 6.07) is 11.2. The van der Waals surface area contributed by atoms with E-state index < -0.39 is 0 Å². The van der Waals surface area contributed by atoms with Crippen molar-refractivity contribution in [3.63, 3.8) is 0 Å². The smallest absolute Gasteiger partial charge is 0.226 e. The van der Waals surface area contributed by atoms with Crippen molar-refractivity contribution >= 4 is 11.6 Å². The van der Waals surface area contributed by atoms with E-state index in [-0.39, 0.29) is 11.9 Å². The fourth-order valence-corrected chi connectivity index (χ4v) is 2.33. The molecule has 1 unspecified atom stereocenters.